The summed E-state index contributed by atoms with van der Waals surface area (Å²) >= 11 is 6.65. The molecule has 3 heterocycles. The number of ether oxygens (including phenoxy) is 2. The van der Waals surface area contributed by atoms with Crippen molar-refractivity contribution in [2.75, 3.05) is 32.1 Å². The predicted octanol–water partition coefficient (Wildman–Crippen LogP) is 6.00. The molecule has 0 aliphatic carbocycles. The molecule has 0 radical (unpaired) electrons. The van der Waals surface area contributed by atoms with Crippen molar-refractivity contribution < 1.29 is 27.1 Å². The van der Waals surface area contributed by atoms with E-state index in [9.17, 15) is 8.42 Å². The molecule has 2 aliphatic rings. The van der Waals surface area contributed by atoms with Crippen molar-refractivity contribution >= 4 is 33.2 Å². The molecule has 242 valence electrons. The Balaban J connectivity index is 1.62. The van der Waals surface area contributed by atoms with Crippen LogP contribution in [0.3, 0.4) is 0 Å². The summed E-state index contributed by atoms with van der Waals surface area (Å²) in [5, 5.41) is 0.362. The number of carbonyl (C=O) groups is 1. The van der Waals surface area contributed by atoms with Gasteiger partial charge in [-0.2, -0.15) is 0 Å². The van der Waals surface area contributed by atoms with Crippen molar-refractivity contribution in [1.29, 1.82) is 0 Å². The molecule has 1 unspecified atom stereocenters. The number of aromatic nitrogens is 1. The number of anilines is 1. The number of methoxy groups -OCH3 is 2. The second-order valence-corrected chi connectivity index (χ2v) is 14.1. The van der Waals surface area contributed by atoms with Gasteiger partial charge in [0.25, 0.3) is 15.9 Å². The fourth-order valence-corrected chi connectivity index (χ4v) is 8.19. The number of oxazole rings is 1. The minimum Gasteiger partial charge on any atom is -0.497 e. The zero-order valence-electron chi connectivity index (χ0n) is 26.4. The molecule has 12 heteroatoms. The van der Waals surface area contributed by atoms with Crippen LogP contribution in [0.4, 0.5) is 5.69 Å². The Morgan fingerprint density at radius 1 is 1.07 bits per heavy atom. The molecular weight excluding hydrogens is 628 g/mol. The van der Waals surface area contributed by atoms with Crippen LogP contribution in [0.1, 0.15) is 55.3 Å². The van der Waals surface area contributed by atoms with Crippen LogP contribution in [0.15, 0.2) is 82.4 Å². The highest BCUT2D eigenvalue weighted by molar-refractivity contribution is 7.93. The normalized spacial score (nSPS) is 20.1. The van der Waals surface area contributed by atoms with Crippen LogP contribution in [0, 0.1) is 0 Å². The van der Waals surface area contributed by atoms with E-state index in [1.165, 1.54) is 25.5 Å². The number of hydrogen-bond donors (Lipinski definition) is 0. The van der Waals surface area contributed by atoms with Crippen LogP contribution in [0.2, 0.25) is 5.02 Å². The van der Waals surface area contributed by atoms with Crippen molar-refractivity contribution in [3.05, 3.63) is 101 Å². The zero-order valence-corrected chi connectivity index (χ0v) is 28.0. The van der Waals surface area contributed by atoms with Crippen LogP contribution in [-0.2, 0) is 26.9 Å². The number of sulfonamides is 1. The highest BCUT2D eigenvalue weighted by atomic mass is 35.5. The summed E-state index contributed by atoms with van der Waals surface area (Å²) < 4.78 is 46.9. The molecular formula is C34H37ClN4O6S. The van der Waals surface area contributed by atoms with E-state index >= 15 is 4.79 Å². The average Bonchev–Trinajstić information content (AvgIpc) is 3.80. The summed E-state index contributed by atoms with van der Waals surface area (Å²) in [4.78, 5) is 24.0. The maximum absolute atomic E-state index is 15.4. The van der Waals surface area contributed by atoms with Gasteiger partial charge in [-0.25, -0.2) is 17.7 Å². The predicted molar refractivity (Wildman–Crippen MR) is 175 cm³/mol. The molecule has 6 rings (SSSR count). The van der Waals surface area contributed by atoms with Crippen LogP contribution < -0.4 is 13.8 Å². The Morgan fingerprint density at radius 3 is 2.48 bits per heavy atom. The van der Waals surface area contributed by atoms with Gasteiger partial charge in [0.05, 0.1) is 37.0 Å². The molecule has 1 saturated heterocycles. The second-order valence-electron chi connectivity index (χ2n) is 11.9. The van der Waals surface area contributed by atoms with Crippen LogP contribution in [0.5, 0.6) is 11.5 Å². The van der Waals surface area contributed by atoms with Gasteiger partial charge in [0.1, 0.15) is 17.8 Å². The fraction of sp³-hybridized carbons (Fsp3) is 0.353. The van der Waals surface area contributed by atoms with Gasteiger partial charge in [0.2, 0.25) is 5.89 Å². The number of hydrogen-bond acceptors (Lipinski definition) is 9. The molecule has 0 N–H and O–H groups in total. The third-order valence-corrected chi connectivity index (χ3v) is 11.0. The van der Waals surface area contributed by atoms with E-state index in [1.807, 2.05) is 30.1 Å². The van der Waals surface area contributed by atoms with Gasteiger partial charge < -0.3 is 13.9 Å². The number of nitrogens with zero attached hydrogens (tertiary/aromatic N) is 4. The van der Waals surface area contributed by atoms with Crippen LogP contribution >= 0.6 is 11.6 Å². The van der Waals surface area contributed by atoms with Gasteiger partial charge in [-0.15, -0.1) is 0 Å². The monoisotopic (exact) mass is 664 g/mol. The topological polar surface area (TPSA) is 105 Å². The number of carbonyl (C=O) groups excluding carboxylic acids is 1. The van der Waals surface area contributed by atoms with E-state index in [1.54, 1.807) is 43.6 Å². The molecule has 2 atom stereocenters. The second kappa shape index (κ2) is 12.4. The quantitative estimate of drug-likeness (QED) is 0.202. The Bertz CT molecular complexity index is 1850. The lowest BCUT2D eigenvalue weighted by Crippen LogP contribution is -2.54. The Hall–Kier alpha value is -3.90. The van der Waals surface area contributed by atoms with Gasteiger partial charge in [0.15, 0.2) is 5.54 Å². The van der Waals surface area contributed by atoms with Gasteiger partial charge in [-0.3, -0.25) is 14.6 Å². The first kappa shape index (κ1) is 32.1. The largest absolute Gasteiger partial charge is 0.497 e. The molecule has 0 bridgehead atoms. The maximum atomic E-state index is 15.4. The first-order valence-electron chi connectivity index (χ1n) is 15.1. The van der Waals surface area contributed by atoms with E-state index in [2.05, 4.69) is 23.7 Å². The molecule has 2 aliphatic heterocycles. The number of halogens is 1. The molecule has 1 amide bonds. The van der Waals surface area contributed by atoms with Gasteiger partial charge in [-0.05, 0) is 87.8 Å². The smallest absolute Gasteiger partial charge is 0.271 e. The van der Waals surface area contributed by atoms with E-state index < -0.39 is 27.5 Å². The summed E-state index contributed by atoms with van der Waals surface area (Å²) in [6, 6.07) is 16.5. The molecule has 1 aromatic heterocycles. The number of rotatable bonds is 10. The molecule has 3 aromatic carbocycles. The van der Waals surface area contributed by atoms with Crippen LogP contribution in [-0.4, -0.2) is 63.0 Å². The van der Waals surface area contributed by atoms with Crippen molar-refractivity contribution in [2.45, 2.75) is 55.8 Å². The Morgan fingerprint density at radius 2 is 1.83 bits per heavy atom. The fourth-order valence-electron chi connectivity index (χ4n) is 6.56. The lowest BCUT2D eigenvalue weighted by molar-refractivity contribution is -0.127. The summed E-state index contributed by atoms with van der Waals surface area (Å²) in [5.41, 5.74) is 0.491. The van der Waals surface area contributed by atoms with Crippen molar-refractivity contribution in [1.82, 2.24) is 14.8 Å². The SMILES string of the molecule is COc1ccc(S(=O)(=O)N2C(=O)C(c3ccc(CN(C)C(C)C)cc3OC)(N3CCC[C@H]3c3ncco3)c3cc(Cl)ccc32)cc1. The van der Waals surface area contributed by atoms with Gasteiger partial charge >= 0.3 is 0 Å². The summed E-state index contributed by atoms with van der Waals surface area (Å²) in [5.74, 6) is 0.728. The van der Waals surface area contributed by atoms with E-state index in [4.69, 9.17) is 25.5 Å². The molecule has 46 heavy (non-hydrogen) atoms. The zero-order chi connectivity index (χ0) is 32.8. The number of fused-ring (bicyclic) bond motifs is 1. The van der Waals surface area contributed by atoms with Crippen molar-refractivity contribution in [3.8, 4) is 11.5 Å². The Labute approximate surface area is 274 Å². The molecule has 0 spiro atoms. The number of amides is 1. The average molecular weight is 665 g/mol. The lowest BCUT2D eigenvalue weighted by Gasteiger charge is -2.41. The van der Waals surface area contributed by atoms with Crippen molar-refractivity contribution in [2.24, 2.45) is 0 Å². The molecule has 1 fully saturated rings. The molecule has 0 saturated carbocycles. The highest BCUT2D eigenvalue weighted by Gasteiger charge is 2.62. The third kappa shape index (κ3) is 5.15. The van der Waals surface area contributed by atoms with Crippen molar-refractivity contribution in [3.63, 3.8) is 0 Å². The van der Waals surface area contributed by atoms with E-state index in [0.717, 1.165) is 16.3 Å². The Kier molecular flexibility index (Phi) is 8.62. The van der Waals surface area contributed by atoms with E-state index in [0.29, 0.717) is 59.1 Å². The standard InChI is InChI=1S/C34H37ClN4O6S/c1-22(2)37(3)21-23-8-14-27(31(19-23)44-5)34(38-17-6-7-30(38)32-36-16-18-45-32)28-20-24(35)9-15-29(28)39(33(34)40)46(41,42)26-12-10-25(43-4)11-13-26/h8-16,18-20,22,30H,6-7,17,21H2,1-5H3/t30-,34?/m0/s1. The van der Waals surface area contributed by atoms with Crippen LogP contribution in [0.25, 0.3) is 0 Å². The van der Waals surface area contributed by atoms with Gasteiger partial charge in [-0.1, -0.05) is 23.7 Å². The number of benzene rings is 3. The minimum absolute atomic E-state index is 0.0527. The summed E-state index contributed by atoms with van der Waals surface area (Å²) in [7, 11) is 0.699. The number of likely N-dealkylation sites (tertiary alicyclic amines) is 1. The molecule has 4 aromatic rings. The summed E-state index contributed by atoms with van der Waals surface area (Å²) in [6.45, 7) is 5.35. The first-order valence-corrected chi connectivity index (χ1v) is 16.9. The minimum atomic E-state index is -4.40. The first-order chi connectivity index (χ1) is 22.0. The lowest BCUT2D eigenvalue weighted by atomic mass is 9.80. The summed E-state index contributed by atoms with van der Waals surface area (Å²) in [6.07, 6.45) is 4.45. The third-order valence-electron chi connectivity index (χ3n) is 9.05. The van der Waals surface area contributed by atoms with Gasteiger partial charge in [0, 0.05) is 35.3 Å². The maximum Gasteiger partial charge on any atom is 0.271 e. The molecule has 10 nitrogen and oxygen atoms in total. The van der Waals surface area contributed by atoms with E-state index in [-0.39, 0.29) is 10.6 Å². The highest BCUT2D eigenvalue weighted by Crippen LogP contribution is 2.56.